The van der Waals surface area contributed by atoms with E-state index in [0.29, 0.717) is 14.9 Å². The van der Waals surface area contributed by atoms with Crippen LogP contribution in [0, 0.1) is 0 Å². The third kappa shape index (κ3) is 6.50. The number of carbonyl (C=O) groups excluding carboxylic acids is 2. The molecule has 1 N–H and O–H groups in total. The summed E-state index contributed by atoms with van der Waals surface area (Å²) in [6, 6.07) is 5.02. The standard InChI is InChI=1S/C13H15Cl2NO3S/c1-8(2)16-12(17)6-19-13(18)7-20-11-5-9(14)3-4-10(11)15/h3-5,8H,6-7H2,1-2H3,(H,16,17). The molecule has 1 amide bonds. The molecule has 0 aromatic heterocycles. The van der Waals surface area contributed by atoms with Crippen LogP contribution in [0.4, 0.5) is 0 Å². The van der Waals surface area contributed by atoms with Crippen molar-refractivity contribution in [3.63, 3.8) is 0 Å². The first-order valence-electron chi connectivity index (χ1n) is 5.91. The fourth-order valence-corrected chi connectivity index (χ4v) is 2.57. The van der Waals surface area contributed by atoms with Crippen molar-refractivity contribution < 1.29 is 14.3 Å². The van der Waals surface area contributed by atoms with Crippen molar-refractivity contribution in [2.45, 2.75) is 24.8 Å². The summed E-state index contributed by atoms with van der Waals surface area (Å²) in [4.78, 5) is 23.5. The number of benzene rings is 1. The summed E-state index contributed by atoms with van der Waals surface area (Å²) in [5.74, 6) is -0.737. The van der Waals surface area contributed by atoms with Gasteiger partial charge in [-0.1, -0.05) is 23.2 Å². The van der Waals surface area contributed by atoms with Gasteiger partial charge < -0.3 is 10.1 Å². The topological polar surface area (TPSA) is 55.4 Å². The monoisotopic (exact) mass is 335 g/mol. The van der Waals surface area contributed by atoms with Crippen LogP contribution in [0.1, 0.15) is 13.8 Å². The summed E-state index contributed by atoms with van der Waals surface area (Å²) < 4.78 is 4.85. The Morgan fingerprint density at radius 1 is 1.35 bits per heavy atom. The van der Waals surface area contributed by atoms with Gasteiger partial charge in [-0.15, -0.1) is 11.8 Å². The lowest BCUT2D eigenvalue weighted by Crippen LogP contribution is -2.34. The molecule has 1 aromatic carbocycles. The highest BCUT2D eigenvalue weighted by Crippen LogP contribution is 2.29. The molecule has 0 aliphatic rings. The normalized spacial score (nSPS) is 10.4. The van der Waals surface area contributed by atoms with Crippen molar-refractivity contribution in [2.75, 3.05) is 12.4 Å². The molecule has 0 aliphatic heterocycles. The van der Waals surface area contributed by atoms with Crippen LogP contribution >= 0.6 is 35.0 Å². The SMILES string of the molecule is CC(C)NC(=O)COC(=O)CSc1cc(Cl)ccc1Cl. The van der Waals surface area contributed by atoms with Gasteiger partial charge in [0.15, 0.2) is 6.61 Å². The maximum absolute atomic E-state index is 11.5. The number of hydrogen-bond acceptors (Lipinski definition) is 4. The zero-order valence-electron chi connectivity index (χ0n) is 11.1. The van der Waals surface area contributed by atoms with Gasteiger partial charge in [0.25, 0.3) is 5.91 Å². The van der Waals surface area contributed by atoms with Crippen LogP contribution in [-0.2, 0) is 14.3 Å². The minimum Gasteiger partial charge on any atom is -0.455 e. The van der Waals surface area contributed by atoms with Crippen LogP contribution in [0.5, 0.6) is 0 Å². The van der Waals surface area contributed by atoms with Crippen molar-refractivity contribution in [3.8, 4) is 0 Å². The van der Waals surface area contributed by atoms with Gasteiger partial charge in [-0.25, -0.2) is 0 Å². The van der Waals surface area contributed by atoms with E-state index in [-0.39, 0.29) is 24.3 Å². The molecule has 0 heterocycles. The number of amides is 1. The molecule has 20 heavy (non-hydrogen) atoms. The third-order valence-corrected chi connectivity index (χ3v) is 3.76. The Labute approximate surface area is 132 Å². The lowest BCUT2D eigenvalue weighted by Gasteiger charge is -2.09. The fraction of sp³-hybridized carbons (Fsp3) is 0.385. The van der Waals surface area contributed by atoms with E-state index in [1.807, 2.05) is 13.8 Å². The molecule has 0 atom stereocenters. The Bertz CT molecular complexity index is 495. The van der Waals surface area contributed by atoms with E-state index in [4.69, 9.17) is 27.9 Å². The molecule has 0 saturated heterocycles. The summed E-state index contributed by atoms with van der Waals surface area (Å²) >= 11 is 13.0. The molecule has 0 saturated carbocycles. The first-order chi connectivity index (χ1) is 9.38. The Hall–Kier alpha value is -0.910. The number of thioether (sulfide) groups is 1. The Balaban J connectivity index is 2.36. The first-order valence-corrected chi connectivity index (χ1v) is 7.65. The van der Waals surface area contributed by atoms with E-state index in [1.165, 1.54) is 11.8 Å². The quantitative estimate of drug-likeness (QED) is 0.640. The Morgan fingerprint density at radius 3 is 2.70 bits per heavy atom. The highest BCUT2D eigenvalue weighted by atomic mass is 35.5. The number of esters is 1. The summed E-state index contributed by atoms with van der Waals surface area (Å²) in [7, 11) is 0. The van der Waals surface area contributed by atoms with E-state index in [2.05, 4.69) is 5.32 Å². The predicted octanol–water partition coefficient (Wildman–Crippen LogP) is 3.15. The average Bonchev–Trinajstić information content (AvgIpc) is 2.36. The Morgan fingerprint density at radius 2 is 2.05 bits per heavy atom. The van der Waals surface area contributed by atoms with Gasteiger partial charge in [-0.2, -0.15) is 0 Å². The van der Waals surface area contributed by atoms with E-state index in [0.717, 1.165) is 0 Å². The molecule has 1 rings (SSSR count). The maximum atomic E-state index is 11.5. The smallest absolute Gasteiger partial charge is 0.316 e. The number of ether oxygens (including phenoxy) is 1. The predicted molar refractivity (Wildman–Crippen MR) is 81.4 cm³/mol. The molecule has 7 heteroatoms. The lowest BCUT2D eigenvalue weighted by atomic mass is 10.4. The van der Waals surface area contributed by atoms with E-state index in [9.17, 15) is 9.59 Å². The summed E-state index contributed by atoms with van der Waals surface area (Å²) in [5.41, 5.74) is 0. The van der Waals surface area contributed by atoms with E-state index < -0.39 is 5.97 Å². The van der Waals surface area contributed by atoms with Crippen LogP contribution in [0.2, 0.25) is 10.0 Å². The zero-order valence-corrected chi connectivity index (χ0v) is 13.4. The second-order valence-electron chi connectivity index (χ2n) is 4.25. The van der Waals surface area contributed by atoms with Gasteiger partial charge in [0.05, 0.1) is 10.8 Å². The number of hydrogen-bond donors (Lipinski definition) is 1. The zero-order chi connectivity index (χ0) is 15.1. The number of rotatable bonds is 6. The maximum Gasteiger partial charge on any atom is 0.316 e. The Kier molecular flexibility index (Phi) is 7.19. The molecule has 0 spiro atoms. The lowest BCUT2D eigenvalue weighted by molar-refractivity contribution is -0.146. The fourth-order valence-electron chi connectivity index (χ4n) is 1.28. The largest absolute Gasteiger partial charge is 0.455 e. The summed E-state index contributed by atoms with van der Waals surface area (Å²) in [6.45, 7) is 3.38. The molecule has 0 radical (unpaired) electrons. The first kappa shape index (κ1) is 17.1. The van der Waals surface area contributed by atoms with Crippen LogP contribution in [-0.4, -0.2) is 30.3 Å². The van der Waals surface area contributed by atoms with Crippen molar-refractivity contribution in [1.29, 1.82) is 0 Å². The van der Waals surface area contributed by atoms with Crippen LogP contribution in [0.3, 0.4) is 0 Å². The molecule has 4 nitrogen and oxygen atoms in total. The summed E-state index contributed by atoms with van der Waals surface area (Å²) in [6.07, 6.45) is 0. The van der Waals surface area contributed by atoms with Gasteiger partial charge in [0.2, 0.25) is 0 Å². The third-order valence-electron chi connectivity index (χ3n) is 2.05. The summed E-state index contributed by atoms with van der Waals surface area (Å²) in [5, 5.41) is 3.69. The molecule has 110 valence electrons. The number of halogens is 2. The van der Waals surface area contributed by atoms with Crippen LogP contribution in [0.15, 0.2) is 23.1 Å². The average molecular weight is 336 g/mol. The van der Waals surface area contributed by atoms with Gasteiger partial charge in [0.1, 0.15) is 0 Å². The van der Waals surface area contributed by atoms with Crippen molar-refractivity contribution in [1.82, 2.24) is 5.32 Å². The van der Waals surface area contributed by atoms with Gasteiger partial charge in [-0.3, -0.25) is 9.59 Å². The molecule has 0 fully saturated rings. The molecular formula is C13H15Cl2NO3S. The van der Waals surface area contributed by atoms with Crippen LogP contribution in [0.25, 0.3) is 0 Å². The minimum absolute atomic E-state index is 0.0147. The second kappa shape index (κ2) is 8.39. The second-order valence-corrected chi connectivity index (χ2v) is 6.11. The number of nitrogens with one attached hydrogen (secondary N) is 1. The van der Waals surface area contributed by atoms with Gasteiger partial charge in [-0.05, 0) is 32.0 Å². The highest BCUT2D eigenvalue weighted by Gasteiger charge is 2.10. The number of carbonyl (C=O) groups is 2. The molecule has 1 aromatic rings. The molecular weight excluding hydrogens is 321 g/mol. The van der Waals surface area contributed by atoms with Crippen molar-refractivity contribution in [2.24, 2.45) is 0 Å². The van der Waals surface area contributed by atoms with Gasteiger partial charge >= 0.3 is 5.97 Å². The van der Waals surface area contributed by atoms with Crippen molar-refractivity contribution >= 4 is 46.8 Å². The molecule has 0 aliphatic carbocycles. The van der Waals surface area contributed by atoms with Crippen LogP contribution < -0.4 is 5.32 Å². The molecule has 0 unspecified atom stereocenters. The van der Waals surface area contributed by atoms with Gasteiger partial charge in [0, 0.05) is 16.0 Å². The highest BCUT2D eigenvalue weighted by molar-refractivity contribution is 8.00. The van der Waals surface area contributed by atoms with E-state index in [1.54, 1.807) is 18.2 Å². The minimum atomic E-state index is -0.482. The molecule has 0 bridgehead atoms. The van der Waals surface area contributed by atoms with Crippen molar-refractivity contribution in [3.05, 3.63) is 28.2 Å². The van der Waals surface area contributed by atoms with E-state index >= 15 is 0 Å².